The van der Waals surface area contributed by atoms with Gasteiger partial charge >= 0.3 is 12.0 Å². The zero-order valence-electron chi connectivity index (χ0n) is 8.75. The number of rotatable bonds is 6. The summed E-state index contributed by atoms with van der Waals surface area (Å²) in [6.45, 7) is 2.04. The number of terminal acetylenes is 1. The first-order chi connectivity index (χ1) is 7.11. The van der Waals surface area contributed by atoms with Crippen LogP contribution in [0.25, 0.3) is 0 Å². The maximum Gasteiger partial charge on any atom is 0.326 e. The predicted molar refractivity (Wildman–Crippen MR) is 56.3 cm³/mol. The van der Waals surface area contributed by atoms with E-state index >= 15 is 0 Å². The minimum absolute atomic E-state index is 0.0892. The fourth-order valence-electron chi connectivity index (χ4n) is 1.01. The summed E-state index contributed by atoms with van der Waals surface area (Å²) in [4.78, 5) is 21.8. The molecule has 0 fully saturated rings. The largest absolute Gasteiger partial charge is 0.480 e. The molecule has 0 heterocycles. The van der Waals surface area contributed by atoms with E-state index in [9.17, 15) is 9.59 Å². The van der Waals surface area contributed by atoms with Gasteiger partial charge in [-0.25, -0.2) is 9.59 Å². The van der Waals surface area contributed by atoms with Crippen LogP contribution in [-0.2, 0) is 4.79 Å². The molecule has 0 aromatic carbocycles. The second kappa shape index (κ2) is 7.68. The fraction of sp³-hybridized carbons (Fsp3) is 0.600. The topological polar surface area (TPSA) is 78.4 Å². The van der Waals surface area contributed by atoms with Crippen molar-refractivity contribution >= 4 is 12.0 Å². The molecular weight excluding hydrogens is 196 g/mol. The first kappa shape index (κ1) is 13.3. The number of nitrogens with one attached hydrogen (secondary N) is 2. The van der Waals surface area contributed by atoms with Gasteiger partial charge in [-0.15, -0.1) is 6.42 Å². The highest BCUT2D eigenvalue weighted by molar-refractivity contribution is 5.82. The number of urea groups is 1. The molecule has 0 unspecified atom stereocenters. The number of amides is 2. The highest BCUT2D eigenvalue weighted by Gasteiger charge is 2.18. The highest BCUT2D eigenvalue weighted by Crippen LogP contribution is 2.00. The van der Waals surface area contributed by atoms with E-state index in [0.29, 0.717) is 6.42 Å². The molecule has 1 atom stereocenters. The summed E-state index contributed by atoms with van der Waals surface area (Å²) in [6, 6.07) is -1.39. The number of aliphatic carboxylic acids is 1. The van der Waals surface area contributed by atoms with Gasteiger partial charge in [-0.2, -0.15) is 0 Å². The molecule has 5 nitrogen and oxygen atoms in total. The van der Waals surface area contributed by atoms with Crippen LogP contribution in [0.5, 0.6) is 0 Å². The third-order valence-electron chi connectivity index (χ3n) is 1.80. The summed E-state index contributed by atoms with van der Waals surface area (Å²) < 4.78 is 0. The van der Waals surface area contributed by atoms with Crippen molar-refractivity contribution in [1.82, 2.24) is 10.6 Å². The van der Waals surface area contributed by atoms with Crippen molar-refractivity contribution in [3.63, 3.8) is 0 Å². The van der Waals surface area contributed by atoms with E-state index in [0.717, 1.165) is 12.8 Å². The third kappa shape index (κ3) is 6.38. The van der Waals surface area contributed by atoms with Gasteiger partial charge in [-0.3, -0.25) is 0 Å². The first-order valence-electron chi connectivity index (χ1n) is 4.82. The van der Waals surface area contributed by atoms with Crippen LogP contribution in [0, 0.1) is 12.3 Å². The second-order valence-corrected chi connectivity index (χ2v) is 3.06. The van der Waals surface area contributed by atoms with E-state index in [1.54, 1.807) is 0 Å². The highest BCUT2D eigenvalue weighted by atomic mass is 16.4. The maximum atomic E-state index is 11.1. The third-order valence-corrected chi connectivity index (χ3v) is 1.80. The second-order valence-electron chi connectivity index (χ2n) is 3.06. The molecule has 0 spiro atoms. The normalized spacial score (nSPS) is 11.2. The van der Waals surface area contributed by atoms with Gasteiger partial charge in [0.2, 0.25) is 0 Å². The van der Waals surface area contributed by atoms with Crippen LogP contribution in [0.2, 0.25) is 0 Å². The van der Waals surface area contributed by atoms with Crippen molar-refractivity contribution in [2.45, 2.75) is 32.2 Å². The van der Waals surface area contributed by atoms with Crippen molar-refractivity contribution in [2.75, 3.05) is 6.54 Å². The van der Waals surface area contributed by atoms with Crippen LogP contribution in [0.4, 0.5) is 4.79 Å². The number of unbranched alkanes of at least 4 members (excludes halogenated alkanes) is 1. The summed E-state index contributed by atoms with van der Waals surface area (Å²) in [5.41, 5.74) is 0. The average molecular weight is 212 g/mol. The van der Waals surface area contributed by atoms with Gasteiger partial charge in [0.25, 0.3) is 0 Å². The molecule has 84 valence electrons. The van der Waals surface area contributed by atoms with E-state index in [1.807, 2.05) is 6.92 Å². The van der Waals surface area contributed by atoms with Gasteiger partial charge in [0.05, 0.1) is 6.54 Å². The standard InChI is InChI=1S/C10H16N2O3/c1-3-5-6-8(9(13)14)12-10(15)11-7-4-2/h2,8H,3,5-7H2,1H3,(H,13,14)(H2,11,12,15)/t8-/m0/s1. The van der Waals surface area contributed by atoms with Gasteiger partial charge in [0.15, 0.2) is 0 Å². The van der Waals surface area contributed by atoms with Crippen molar-refractivity contribution < 1.29 is 14.7 Å². The summed E-state index contributed by atoms with van der Waals surface area (Å²) in [5, 5.41) is 13.5. The van der Waals surface area contributed by atoms with Gasteiger partial charge in [-0.1, -0.05) is 25.7 Å². The van der Waals surface area contributed by atoms with E-state index in [2.05, 4.69) is 16.6 Å². The number of carboxylic acid groups (broad SMARTS) is 1. The predicted octanol–water partition coefficient (Wildman–Crippen LogP) is 0.562. The molecular formula is C10H16N2O3. The van der Waals surface area contributed by atoms with Crippen LogP contribution < -0.4 is 10.6 Å². The van der Waals surface area contributed by atoms with E-state index in [-0.39, 0.29) is 6.54 Å². The Hall–Kier alpha value is -1.70. The van der Waals surface area contributed by atoms with Gasteiger partial charge < -0.3 is 15.7 Å². The van der Waals surface area contributed by atoms with Crippen LogP contribution in [0.1, 0.15) is 26.2 Å². The zero-order chi connectivity index (χ0) is 11.7. The minimum atomic E-state index is -1.03. The van der Waals surface area contributed by atoms with Gasteiger partial charge in [0.1, 0.15) is 6.04 Å². The van der Waals surface area contributed by atoms with E-state index in [1.165, 1.54) is 0 Å². The minimum Gasteiger partial charge on any atom is -0.480 e. The van der Waals surface area contributed by atoms with Crippen LogP contribution in [0.3, 0.4) is 0 Å². The molecule has 0 radical (unpaired) electrons. The van der Waals surface area contributed by atoms with E-state index in [4.69, 9.17) is 11.5 Å². The molecule has 0 bridgehead atoms. The number of hydrogen-bond donors (Lipinski definition) is 3. The molecule has 0 aliphatic carbocycles. The Morgan fingerprint density at radius 1 is 1.53 bits per heavy atom. The molecule has 2 amide bonds. The molecule has 0 rings (SSSR count). The molecule has 3 N–H and O–H groups in total. The first-order valence-corrected chi connectivity index (χ1v) is 4.82. The van der Waals surface area contributed by atoms with Crippen molar-refractivity contribution in [1.29, 1.82) is 0 Å². The smallest absolute Gasteiger partial charge is 0.326 e. The lowest BCUT2D eigenvalue weighted by molar-refractivity contribution is -0.139. The molecule has 15 heavy (non-hydrogen) atoms. The summed E-state index contributed by atoms with van der Waals surface area (Å²) >= 11 is 0. The number of carbonyl (C=O) groups excluding carboxylic acids is 1. The molecule has 0 aromatic rings. The fourth-order valence-corrected chi connectivity index (χ4v) is 1.01. The lowest BCUT2D eigenvalue weighted by Gasteiger charge is -2.13. The number of hydrogen-bond acceptors (Lipinski definition) is 2. The Kier molecular flexibility index (Phi) is 6.81. The SMILES string of the molecule is C#CCNC(=O)N[C@@H](CCCC)C(=O)O. The number of carboxylic acids is 1. The van der Waals surface area contributed by atoms with Crippen molar-refractivity contribution in [3.8, 4) is 12.3 Å². The Morgan fingerprint density at radius 2 is 2.20 bits per heavy atom. The van der Waals surface area contributed by atoms with Crippen LogP contribution in [-0.4, -0.2) is 29.7 Å². The molecule has 5 heteroatoms. The lowest BCUT2D eigenvalue weighted by Crippen LogP contribution is -2.46. The summed E-state index contributed by atoms with van der Waals surface area (Å²) in [5.74, 6) is 1.20. The van der Waals surface area contributed by atoms with Gasteiger partial charge in [-0.05, 0) is 6.42 Å². The Labute approximate surface area is 89.2 Å². The van der Waals surface area contributed by atoms with Crippen molar-refractivity contribution in [3.05, 3.63) is 0 Å². The molecule has 0 aliphatic heterocycles. The Balaban J connectivity index is 3.99. The maximum absolute atomic E-state index is 11.1. The molecule has 0 aliphatic rings. The Bertz CT molecular complexity index is 258. The average Bonchev–Trinajstić information content (AvgIpc) is 2.20. The quantitative estimate of drug-likeness (QED) is 0.563. The van der Waals surface area contributed by atoms with Gasteiger partial charge in [0, 0.05) is 0 Å². The van der Waals surface area contributed by atoms with E-state index < -0.39 is 18.0 Å². The van der Waals surface area contributed by atoms with Crippen molar-refractivity contribution in [2.24, 2.45) is 0 Å². The molecule has 0 saturated heterocycles. The van der Waals surface area contributed by atoms with Crippen LogP contribution >= 0.6 is 0 Å². The lowest BCUT2D eigenvalue weighted by atomic mass is 10.1. The van der Waals surface area contributed by atoms with Crippen LogP contribution in [0.15, 0.2) is 0 Å². The molecule has 0 saturated carbocycles. The summed E-state index contributed by atoms with van der Waals surface area (Å²) in [7, 11) is 0. The monoisotopic (exact) mass is 212 g/mol. The zero-order valence-corrected chi connectivity index (χ0v) is 8.75. The number of carbonyl (C=O) groups is 2. The summed E-state index contributed by atoms with van der Waals surface area (Å²) in [6.07, 6.45) is 7.01. The molecule has 0 aromatic heterocycles. The Morgan fingerprint density at radius 3 is 2.67 bits per heavy atom.